The lowest BCUT2D eigenvalue weighted by atomic mass is 10.1. The van der Waals surface area contributed by atoms with Gasteiger partial charge in [0, 0.05) is 0 Å². The highest BCUT2D eigenvalue weighted by Crippen LogP contribution is 2.19. The van der Waals surface area contributed by atoms with E-state index in [9.17, 15) is 14.0 Å². The van der Waals surface area contributed by atoms with Gasteiger partial charge < -0.3 is 11.1 Å². The molecule has 3 rings (SSSR count). The van der Waals surface area contributed by atoms with Gasteiger partial charge in [0.15, 0.2) is 0 Å². The van der Waals surface area contributed by atoms with E-state index >= 15 is 0 Å². The summed E-state index contributed by atoms with van der Waals surface area (Å²) < 4.78 is 14.6. The van der Waals surface area contributed by atoms with E-state index in [1.807, 2.05) is 0 Å². The fourth-order valence-corrected chi connectivity index (χ4v) is 2.47. The van der Waals surface area contributed by atoms with E-state index < -0.39 is 11.8 Å². The van der Waals surface area contributed by atoms with Crippen LogP contribution in [0.15, 0.2) is 54.7 Å². The predicted molar refractivity (Wildman–Crippen MR) is 91.2 cm³/mol. The molecule has 0 spiro atoms. The minimum atomic E-state index is -0.630. The van der Waals surface area contributed by atoms with E-state index in [2.05, 4.69) is 10.4 Å². The molecular formula is C18H15FN4O2. The number of nitrogens with one attached hydrogen (secondary N) is 1. The minimum absolute atomic E-state index is 0.222. The van der Waals surface area contributed by atoms with E-state index in [0.717, 1.165) is 0 Å². The number of nitrogens with two attached hydrogens (primary N) is 1. The van der Waals surface area contributed by atoms with Crippen molar-refractivity contribution in [2.24, 2.45) is 5.73 Å². The van der Waals surface area contributed by atoms with Gasteiger partial charge in [-0.3, -0.25) is 9.59 Å². The highest BCUT2D eigenvalue weighted by Gasteiger charge is 2.17. The van der Waals surface area contributed by atoms with Crippen LogP contribution in [0.25, 0.3) is 5.69 Å². The number of benzene rings is 2. The molecule has 2 aromatic carbocycles. The number of rotatable bonds is 4. The summed E-state index contributed by atoms with van der Waals surface area (Å²) in [5.41, 5.74) is 7.42. The van der Waals surface area contributed by atoms with Crippen LogP contribution in [-0.2, 0) is 0 Å². The molecule has 0 bridgehead atoms. The largest absolute Gasteiger partial charge is 0.366 e. The molecule has 7 heteroatoms. The third-order valence-corrected chi connectivity index (χ3v) is 3.77. The number of primary amides is 1. The number of hydrogen-bond acceptors (Lipinski definition) is 3. The quantitative estimate of drug-likeness (QED) is 0.766. The maximum atomic E-state index is 13.1. The lowest BCUT2D eigenvalue weighted by molar-refractivity contribution is 0.100. The Balaban J connectivity index is 1.89. The first kappa shape index (κ1) is 16.4. The Morgan fingerprint density at radius 2 is 1.76 bits per heavy atom. The number of para-hydroxylation sites is 1. The number of carbonyl (C=O) groups excluding carboxylic acids is 2. The molecule has 0 saturated carbocycles. The molecule has 0 saturated heterocycles. The topological polar surface area (TPSA) is 90.0 Å². The highest BCUT2D eigenvalue weighted by atomic mass is 19.1. The number of halogens is 1. The normalized spacial score (nSPS) is 10.5. The molecule has 3 aromatic rings. The Morgan fingerprint density at radius 3 is 2.44 bits per heavy atom. The van der Waals surface area contributed by atoms with Gasteiger partial charge in [-0.25, -0.2) is 9.07 Å². The second kappa shape index (κ2) is 6.56. The van der Waals surface area contributed by atoms with Crippen LogP contribution in [-0.4, -0.2) is 21.6 Å². The van der Waals surface area contributed by atoms with Crippen LogP contribution in [0.1, 0.15) is 26.4 Å². The zero-order valence-corrected chi connectivity index (χ0v) is 13.4. The summed E-state index contributed by atoms with van der Waals surface area (Å²) in [5.74, 6) is -1.40. The summed E-state index contributed by atoms with van der Waals surface area (Å²) in [6.07, 6.45) is 1.42. The molecule has 25 heavy (non-hydrogen) atoms. The van der Waals surface area contributed by atoms with Gasteiger partial charge in [-0.15, -0.1) is 0 Å². The molecule has 0 radical (unpaired) electrons. The molecule has 126 valence electrons. The second-order valence-electron chi connectivity index (χ2n) is 5.40. The molecule has 1 aromatic heterocycles. The monoisotopic (exact) mass is 338 g/mol. The fraction of sp³-hybridized carbons (Fsp3) is 0.0556. The summed E-state index contributed by atoms with van der Waals surface area (Å²) in [6, 6.07) is 12.3. The predicted octanol–water partition coefficient (Wildman–Crippen LogP) is 2.67. The highest BCUT2D eigenvalue weighted by molar-refractivity contribution is 6.09. The van der Waals surface area contributed by atoms with Gasteiger partial charge in [0.25, 0.3) is 11.8 Å². The molecule has 0 aliphatic carbocycles. The maximum Gasteiger partial charge on any atom is 0.259 e. The lowest BCUT2D eigenvalue weighted by Gasteiger charge is -2.09. The fourth-order valence-electron chi connectivity index (χ4n) is 2.47. The van der Waals surface area contributed by atoms with Gasteiger partial charge in [0.1, 0.15) is 5.82 Å². The van der Waals surface area contributed by atoms with Crippen LogP contribution in [0.2, 0.25) is 0 Å². The van der Waals surface area contributed by atoms with Crippen LogP contribution in [0, 0.1) is 12.7 Å². The van der Waals surface area contributed by atoms with Crippen molar-refractivity contribution < 1.29 is 14.0 Å². The van der Waals surface area contributed by atoms with Crippen LogP contribution in [0.4, 0.5) is 10.1 Å². The first-order valence-corrected chi connectivity index (χ1v) is 7.48. The summed E-state index contributed by atoms with van der Waals surface area (Å²) >= 11 is 0. The Kier molecular flexibility index (Phi) is 4.30. The summed E-state index contributed by atoms with van der Waals surface area (Å²) in [7, 11) is 0. The molecule has 0 atom stereocenters. The molecule has 2 amide bonds. The average molecular weight is 338 g/mol. The molecule has 0 aliphatic rings. The second-order valence-corrected chi connectivity index (χ2v) is 5.40. The summed E-state index contributed by atoms with van der Waals surface area (Å²) in [5, 5.41) is 6.85. The van der Waals surface area contributed by atoms with Gasteiger partial charge in [-0.2, -0.15) is 5.10 Å². The van der Waals surface area contributed by atoms with Crippen molar-refractivity contribution in [1.29, 1.82) is 0 Å². The van der Waals surface area contributed by atoms with Gasteiger partial charge in [-0.1, -0.05) is 12.1 Å². The number of carbonyl (C=O) groups is 2. The third-order valence-electron chi connectivity index (χ3n) is 3.77. The van der Waals surface area contributed by atoms with E-state index in [4.69, 9.17) is 5.73 Å². The van der Waals surface area contributed by atoms with Crippen molar-refractivity contribution in [2.75, 3.05) is 5.32 Å². The van der Waals surface area contributed by atoms with Crippen molar-refractivity contribution in [1.82, 2.24) is 9.78 Å². The van der Waals surface area contributed by atoms with Crippen molar-refractivity contribution in [3.05, 3.63) is 77.4 Å². The molecule has 0 unspecified atom stereocenters. The lowest BCUT2D eigenvalue weighted by Crippen LogP contribution is -2.18. The van der Waals surface area contributed by atoms with Crippen molar-refractivity contribution in [3.8, 4) is 5.69 Å². The first-order valence-electron chi connectivity index (χ1n) is 7.48. The molecule has 6 nitrogen and oxygen atoms in total. The smallest absolute Gasteiger partial charge is 0.259 e. The van der Waals surface area contributed by atoms with Crippen molar-refractivity contribution in [2.45, 2.75) is 6.92 Å². The van der Waals surface area contributed by atoms with E-state index in [1.54, 1.807) is 37.3 Å². The molecule has 0 aliphatic heterocycles. The van der Waals surface area contributed by atoms with Crippen LogP contribution >= 0.6 is 0 Å². The molecule has 1 heterocycles. The maximum absolute atomic E-state index is 13.1. The number of aromatic nitrogens is 2. The number of nitrogens with zero attached hydrogens (tertiary/aromatic N) is 2. The zero-order valence-electron chi connectivity index (χ0n) is 13.4. The zero-order chi connectivity index (χ0) is 18.0. The SMILES string of the molecule is Cc1c(C(=O)Nc2ccccc2C(N)=O)cnn1-c1ccc(F)cc1. The van der Waals surface area contributed by atoms with E-state index in [1.165, 1.54) is 29.1 Å². The Labute approximate surface area is 143 Å². The first-order chi connectivity index (χ1) is 12.0. The molecular weight excluding hydrogens is 323 g/mol. The Hall–Kier alpha value is -3.48. The van der Waals surface area contributed by atoms with Crippen LogP contribution < -0.4 is 11.1 Å². The Morgan fingerprint density at radius 1 is 1.08 bits per heavy atom. The standard InChI is InChI=1S/C18H15FN4O2/c1-11-15(10-21-23(11)13-8-6-12(19)7-9-13)18(25)22-16-5-3-2-4-14(16)17(20)24/h2-10H,1H3,(H2,20,24)(H,22,25). The number of anilines is 1. The minimum Gasteiger partial charge on any atom is -0.366 e. The van der Waals surface area contributed by atoms with E-state index in [0.29, 0.717) is 22.6 Å². The third kappa shape index (κ3) is 3.25. The molecule has 0 fully saturated rings. The van der Waals surface area contributed by atoms with Gasteiger partial charge in [0.05, 0.1) is 34.4 Å². The number of amides is 2. The van der Waals surface area contributed by atoms with Crippen molar-refractivity contribution >= 4 is 17.5 Å². The van der Waals surface area contributed by atoms with Gasteiger partial charge in [0.2, 0.25) is 0 Å². The Bertz CT molecular complexity index is 948. The van der Waals surface area contributed by atoms with E-state index in [-0.39, 0.29) is 11.4 Å². The number of hydrogen-bond donors (Lipinski definition) is 2. The van der Waals surface area contributed by atoms with Crippen LogP contribution in [0.3, 0.4) is 0 Å². The van der Waals surface area contributed by atoms with Gasteiger partial charge >= 0.3 is 0 Å². The van der Waals surface area contributed by atoms with Crippen LogP contribution in [0.5, 0.6) is 0 Å². The van der Waals surface area contributed by atoms with Gasteiger partial charge in [-0.05, 0) is 43.3 Å². The summed E-state index contributed by atoms with van der Waals surface area (Å²) in [6.45, 7) is 1.73. The average Bonchev–Trinajstić information content (AvgIpc) is 2.97. The van der Waals surface area contributed by atoms with Crippen molar-refractivity contribution in [3.63, 3.8) is 0 Å². The summed E-state index contributed by atoms with van der Waals surface area (Å²) in [4.78, 5) is 24.0. The molecule has 3 N–H and O–H groups in total.